The maximum absolute atomic E-state index is 11.9. The highest BCUT2D eigenvalue weighted by molar-refractivity contribution is 5.75. The van der Waals surface area contributed by atoms with Gasteiger partial charge in [-0.2, -0.15) is 0 Å². The minimum absolute atomic E-state index is 0.269. The fourth-order valence-corrected chi connectivity index (χ4v) is 2.65. The third-order valence-corrected chi connectivity index (χ3v) is 4.11. The summed E-state index contributed by atoms with van der Waals surface area (Å²) in [6.45, 7) is 2.57. The smallest absolute Gasteiger partial charge is 0.337 e. The van der Waals surface area contributed by atoms with Gasteiger partial charge in [0.2, 0.25) is 0 Å². The van der Waals surface area contributed by atoms with E-state index in [1.54, 1.807) is 0 Å². The van der Waals surface area contributed by atoms with Crippen LogP contribution in [-0.2, 0) is 32.2 Å². The molecule has 0 fully saturated rings. The number of carbonyl (C=O) groups excluding carboxylic acids is 1. The molecule has 2 aromatic rings. The van der Waals surface area contributed by atoms with E-state index in [-0.39, 0.29) is 6.61 Å². The third-order valence-electron chi connectivity index (χ3n) is 4.11. The zero-order chi connectivity index (χ0) is 18.8. The van der Waals surface area contributed by atoms with Gasteiger partial charge in [-0.1, -0.05) is 67.6 Å². The van der Waals surface area contributed by atoms with E-state index < -0.39 is 24.3 Å². The van der Waals surface area contributed by atoms with E-state index in [2.05, 4.69) is 4.74 Å². The van der Waals surface area contributed by atoms with Crippen LogP contribution in [0.1, 0.15) is 24.5 Å². The van der Waals surface area contributed by atoms with Gasteiger partial charge in [0.05, 0.1) is 26.4 Å². The molecular weight excluding hydrogens is 332 g/mol. The normalized spacial score (nSPS) is 14.4. The first-order valence-electron chi connectivity index (χ1n) is 8.72. The molecule has 5 nitrogen and oxygen atoms in total. The van der Waals surface area contributed by atoms with Crippen LogP contribution >= 0.6 is 0 Å². The second-order valence-electron chi connectivity index (χ2n) is 5.97. The Morgan fingerprint density at radius 1 is 0.923 bits per heavy atom. The lowest BCUT2D eigenvalue weighted by Gasteiger charge is -2.29. The SMILES string of the molecule is CC[C@H](OCc1ccccc1)[C@@H](OCc1ccccc1)[C@@H](O)C(=O)OC. The second kappa shape index (κ2) is 10.7. The fraction of sp³-hybridized carbons (Fsp3) is 0.381. The fourth-order valence-electron chi connectivity index (χ4n) is 2.65. The van der Waals surface area contributed by atoms with Crippen molar-refractivity contribution in [1.29, 1.82) is 0 Å². The summed E-state index contributed by atoms with van der Waals surface area (Å²) in [5, 5.41) is 10.4. The van der Waals surface area contributed by atoms with Crippen molar-refractivity contribution in [3.05, 3.63) is 71.8 Å². The van der Waals surface area contributed by atoms with Crippen molar-refractivity contribution in [2.75, 3.05) is 7.11 Å². The topological polar surface area (TPSA) is 65.0 Å². The van der Waals surface area contributed by atoms with Crippen LogP contribution in [0.25, 0.3) is 0 Å². The summed E-state index contributed by atoms with van der Waals surface area (Å²) in [7, 11) is 1.24. The molecule has 2 rings (SSSR count). The van der Waals surface area contributed by atoms with Gasteiger partial charge in [-0.15, -0.1) is 0 Å². The predicted molar refractivity (Wildman–Crippen MR) is 98.4 cm³/mol. The molecule has 0 aliphatic carbocycles. The van der Waals surface area contributed by atoms with E-state index in [0.29, 0.717) is 13.0 Å². The molecule has 0 saturated carbocycles. The summed E-state index contributed by atoms with van der Waals surface area (Å²) in [5.41, 5.74) is 1.97. The number of hydrogen-bond donors (Lipinski definition) is 1. The van der Waals surface area contributed by atoms with Gasteiger partial charge < -0.3 is 19.3 Å². The first-order chi connectivity index (χ1) is 12.7. The molecule has 0 aliphatic heterocycles. The highest BCUT2D eigenvalue weighted by Gasteiger charge is 2.34. The van der Waals surface area contributed by atoms with Crippen LogP contribution < -0.4 is 0 Å². The molecule has 0 bridgehead atoms. The van der Waals surface area contributed by atoms with E-state index >= 15 is 0 Å². The summed E-state index contributed by atoms with van der Waals surface area (Å²) in [4.78, 5) is 11.9. The Morgan fingerprint density at radius 3 is 1.88 bits per heavy atom. The maximum Gasteiger partial charge on any atom is 0.337 e. The van der Waals surface area contributed by atoms with Gasteiger partial charge in [0.15, 0.2) is 6.10 Å². The average Bonchev–Trinajstić information content (AvgIpc) is 2.70. The van der Waals surface area contributed by atoms with E-state index in [1.165, 1.54) is 7.11 Å². The standard InChI is InChI=1S/C21H26O5/c1-3-18(25-14-16-10-6-4-7-11-16)20(19(22)21(23)24-2)26-15-17-12-8-5-9-13-17/h4-13,18-20,22H,3,14-15H2,1-2H3/t18-,19+,20+/m0/s1. The molecule has 3 atom stereocenters. The van der Waals surface area contributed by atoms with Crippen LogP contribution in [0.15, 0.2) is 60.7 Å². The van der Waals surface area contributed by atoms with Crippen LogP contribution in [-0.4, -0.2) is 36.5 Å². The molecule has 1 N–H and O–H groups in total. The van der Waals surface area contributed by atoms with Crippen molar-refractivity contribution < 1.29 is 24.1 Å². The zero-order valence-corrected chi connectivity index (χ0v) is 15.2. The molecule has 2 aromatic carbocycles. The molecule has 0 unspecified atom stereocenters. The van der Waals surface area contributed by atoms with Crippen molar-refractivity contribution >= 4 is 5.97 Å². The van der Waals surface area contributed by atoms with Gasteiger partial charge in [0.1, 0.15) is 6.10 Å². The number of aliphatic hydroxyl groups excluding tert-OH is 1. The highest BCUT2D eigenvalue weighted by atomic mass is 16.6. The van der Waals surface area contributed by atoms with Gasteiger partial charge in [0, 0.05) is 0 Å². The summed E-state index contributed by atoms with van der Waals surface area (Å²) >= 11 is 0. The van der Waals surface area contributed by atoms with E-state index in [1.807, 2.05) is 67.6 Å². The van der Waals surface area contributed by atoms with Crippen LogP contribution in [0.2, 0.25) is 0 Å². The van der Waals surface area contributed by atoms with E-state index in [9.17, 15) is 9.90 Å². The number of rotatable bonds is 10. The van der Waals surface area contributed by atoms with Crippen LogP contribution in [0.4, 0.5) is 0 Å². The summed E-state index contributed by atoms with van der Waals surface area (Å²) in [6, 6.07) is 19.3. The van der Waals surface area contributed by atoms with Gasteiger partial charge in [0.25, 0.3) is 0 Å². The van der Waals surface area contributed by atoms with Gasteiger partial charge in [-0.05, 0) is 17.5 Å². The number of methoxy groups -OCH3 is 1. The Morgan fingerprint density at radius 2 is 1.42 bits per heavy atom. The molecule has 26 heavy (non-hydrogen) atoms. The van der Waals surface area contributed by atoms with Crippen molar-refractivity contribution in [2.45, 2.75) is 44.9 Å². The number of carbonyl (C=O) groups is 1. The first-order valence-corrected chi connectivity index (χ1v) is 8.72. The Labute approximate surface area is 154 Å². The van der Waals surface area contributed by atoms with Gasteiger partial charge in [-0.25, -0.2) is 4.79 Å². The molecule has 140 valence electrons. The number of ether oxygens (including phenoxy) is 3. The second-order valence-corrected chi connectivity index (χ2v) is 5.97. The lowest BCUT2D eigenvalue weighted by Crippen LogP contribution is -2.45. The molecular formula is C21H26O5. The zero-order valence-electron chi connectivity index (χ0n) is 15.2. The van der Waals surface area contributed by atoms with E-state index in [4.69, 9.17) is 9.47 Å². The Kier molecular flexibility index (Phi) is 8.28. The Balaban J connectivity index is 2.07. The number of esters is 1. The Bertz CT molecular complexity index is 644. The minimum Gasteiger partial charge on any atom is -0.467 e. The number of benzene rings is 2. The molecule has 0 heterocycles. The van der Waals surface area contributed by atoms with Crippen molar-refractivity contribution in [2.24, 2.45) is 0 Å². The molecule has 0 saturated heterocycles. The van der Waals surface area contributed by atoms with Gasteiger partial charge >= 0.3 is 5.97 Å². The minimum atomic E-state index is -1.41. The monoisotopic (exact) mass is 358 g/mol. The number of aliphatic hydroxyl groups is 1. The predicted octanol–water partition coefficient (Wildman–Crippen LogP) is 3.10. The highest BCUT2D eigenvalue weighted by Crippen LogP contribution is 2.18. The molecule has 0 radical (unpaired) electrons. The molecule has 0 aliphatic rings. The first kappa shape index (κ1) is 20.1. The largest absolute Gasteiger partial charge is 0.467 e. The summed E-state index contributed by atoms with van der Waals surface area (Å²) < 4.78 is 16.5. The molecule has 0 spiro atoms. The van der Waals surface area contributed by atoms with Crippen LogP contribution in [0.5, 0.6) is 0 Å². The van der Waals surface area contributed by atoms with Gasteiger partial charge in [-0.3, -0.25) is 0 Å². The number of hydrogen-bond acceptors (Lipinski definition) is 5. The third kappa shape index (κ3) is 5.95. The summed E-state index contributed by atoms with van der Waals surface area (Å²) in [6.07, 6.45) is -2.10. The van der Waals surface area contributed by atoms with Crippen LogP contribution in [0.3, 0.4) is 0 Å². The summed E-state index contributed by atoms with van der Waals surface area (Å²) in [5.74, 6) is -0.732. The van der Waals surface area contributed by atoms with Crippen molar-refractivity contribution in [3.8, 4) is 0 Å². The molecule has 0 amide bonds. The lowest BCUT2D eigenvalue weighted by atomic mass is 10.0. The molecule has 0 aromatic heterocycles. The van der Waals surface area contributed by atoms with Crippen LogP contribution in [0, 0.1) is 0 Å². The molecule has 5 heteroatoms. The lowest BCUT2D eigenvalue weighted by molar-refractivity contribution is -0.174. The van der Waals surface area contributed by atoms with Crippen molar-refractivity contribution in [1.82, 2.24) is 0 Å². The maximum atomic E-state index is 11.9. The van der Waals surface area contributed by atoms with Crippen molar-refractivity contribution in [3.63, 3.8) is 0 Å². The quantitative estimate of drug-likeness (QED) is 0.661. The van der Waals surface area contributed by atoms with E-state index in [0.717, 1.165) is 11.1 Å². The Hall–Kier alpha value is -2.21. The average molecular weight is 358 g/mol.